The van der Waals surface area contributed by atoms with Gasteiger partial charge in [0.2, 0.25) is 11.8 Å². The van der Waals surface area contributed by atoms with Crippen LogP contribution in [0.15, 0.2) is 21.9 Å². The van der Waals surface area contributed by atoms with Crippen LogP contribution in [0.2, 0.25) is 0 Å². The number of furan rings is 1. The number of rotatable bonds is 5. The highest BCUT2D eigenvalue weighted by atomic mass is 32.1. The van der Waals surface area contributed by atoms with Gasteiger partial charge in [-0.3, -0.25) is 9.59 Å². The zero-order chi connectivity index (χ0) is 17.8. The van der Waals surface area contributed by atoms with Crippen LogP contribution in [0.5, 0.6) is 0 Å². The zero-order valence-corrected chi connectivity index (χ0v) is 14.9. The van der Waals surface area contributed by atoms with Crippen LogP contribution < -0.4 is 16.4 Å². The molecule has 2 atom stereocenters. The molecule has 2 amide bonds. The Labute approximate surface area is 150 Å². The lowest BCUT2D eigenvalue weighted by molar-refractivity contribution is -0.121. The predicted octanol–water partition coefficient (Wildman–Crippen LogP) is 2.50. The first-order valence-electron chi connectivity index (χ1n) is 8.37. The average molecular weight is 362 g/mol. The zero-order valence-electron chi connectivity index (χ0n) is 14.1. The molecule has 25 heavy (non-hydrogen) atoms. The molecule has 2 aromatic rings. The molecule has 2 heterocycles. The van der Waals surface area contributed by atoms with Gasteiger partial charge in [-0.25, -0.2) is 4.98 Å². The van der Waals surface area contributed by atoms with Crippen LogP contribution in [0.25, 0.3) is 11.5 Å². The van der Waals surface area contributed by atoms with Crippen LogP contribution >= 0.6 is 11.3 Å². The maximum absolute atomic E-state index is 12.3. The normalized spacial score (nSPS) is 20.2. The summed E-state index contributed by atoms with van der Waals surface area (Å²) in [5, 5.41) is 7.95. The van der Waals surface area contributed by atoms with Crippen molar-refractivity contribution < 1.29 is 14.0 Å². The van der Waals surface area contributed by atoms with E-state index in [0.717, 1.165) is 25.7 Å². The fourth-order valence-corrected chi connectivity index (χ4v) is 3.64. The minimum absolute atomic E-state index is 0.0122. The molecule has 3 rings (SSSR count). The first-order chi connectivity index (χ1) is 12.0. The van der Waals surface area contributed by atoms with Gasteiger partial charge in [0.05, 0.1) is 6.54 Å². The third-order valence-electron chi connectivity index (χ3n) is 4.25. The molecule has 134 valence electrons. The van der Waals surface area contributed by atoms with Gasteiger partial charge in [0.15, 0.2) is 10.9 Å². The van der Waals surface area contributed by atoms with Crippen molar-refractivity contribution in [3.8, 4) is 11.5 Å². The van der Waals surface area contributed by atoms with Crippen LogP contribution in [0.3, 0.4) is 0 Å². The van der Waals surface area contributed by atoms with Crippen molar-refractivity contribution in [2.45, 2.75) is 45.2 Å². The van der Waals surface area contributed by atoms with Crippen LogP contribution in [0.4, 0.5) is 5.13 Å². The van der Waals surface area contributed by atoms with E-state index in [9.17, 15) is 9.59 Å². The van der Waals surface area contributed by atoms with Crippen molar-refractivity contribution in [1.29, 1.82) is 0 Å². The third-order valence-corrected chi connectivity index (χ3v) is 5.00. The van der Waals surface area contributed by atoms with Crippen LogP contribution in [-0.4, -0.2) is 22.8 Å². The Balaban J connectivity index is 1.60. The van der Waals surface area contributed by atoms with Gasteiger partial charge in [-0.1, -0.05) is 6.42 Å². The minimum atomic E-state index is -0.112. The first-order valence-corrected chi connectivity index (χ1v) is 9.24. The molecular formula is C17H22N4O3S. The van der Waals surface area contributed by atoms with Crippen LogP contribution in [0, 0.1) is 5.92 Å². The minimum Gasteiger partial charge on any atom is -0.458 e. The molecule has 1 fully saturated rings. The Kier molecular flexibility index (Phi) is 5.50. The molecule has 1 saturated carbocycles. The van der Waals surface area contributed by atoms with Crippen LogP contribution in [0.1, 0.15) is 38.4 Å². The monoisotopic (exact) mass is 362 g/mol. The summed E-state index contributed by atoms with van der Waals surface area (Å²) in [6, 6.07) is 3.71. The number of aromatic nitrogens is 1. The van der Waals surface area contributed by atoms with Crippen molar-refractivity contribution >= 4 is 28.3 Å². The van der Waals surface area contributed by atoms with E-state index in [1.807, 2.05) is 5.38 Å². The SMILES string of the molecule is CC(=O)NCc1ccc(-c2csc(NC(=O)C3CCCC(N)C3)n2)o1. The van der Waals surface area contributed by atoms with E-state index >= 15 is 0 Å². The van der Waals surface area contributed by atoms with Gasteiger partial charge in [0.25, 0.3) is 0 Å². The Bertz CT molecular complexity index is 755. The quantitative estimate of drug-likeness (QED) is 0.757. The number of anilines is 1. The molecule has 7 nitrogen and oxygen atoms in total. The first kappa shape index (κ1) is 17.6. The van der Waals surface area contributed by atoms with E-state index in [1.54, 1.807) is 12.1 Å². The van der Waals surface area contributed by atoms with Gasteiger partial charge in [-0.05, 0) is 31.4 Å². The Morgan fingerprint density at radius 3 is 3.00 bits per heavy atom. The van der Waals surface area contributed by atoms with Crippen molar-refractivity contribution in [2.75, 3.05) is 5.32 Å². The number of nitrogens with zero attached hydrogens (tertiary/aromatic N) is 1. The van der Waals surface area contributed by atoms with Gasteiger partial charge >= 0.3 is 0 Å². The molecule has 2 aromatic heterocycles. The molecule has 8 heteroatoms. The number of hydrogen-bond acceptors (Lipinski definition) is 6. The lowest BCUT2D eigenvalue weighted by atomic mass is 9.86. The molecule has 4 N–H and O–H groups in total. The van der Waals surface area contributed by atoms with Crippen LogP contribution in [-0.2, 0) is 16.1 Å². The lowest BCUT2D eigenvalue weighted by Gasteiger charge is -2.25. The summed E-state index contributed by atoms with van der Waals surface area (Å²) in [7, 11) is 0. The second-order valence-corrected chi connectivity index (χ2v) is 7.18. The van der Waals surface area contributed by atoms with E-state index in [4.69, 9.17) is 10.2 Å². The van der Waals surface area contributed by atoms with Gasteiger partial charge < -0.3 is 20.8 Å². The molecule has 0 saturated heterocycles. The molecule has 0 aromatic carbocycles. The summed E-state index contributed by atoms with van der Waals surface area (Å²) in [4.78, 5) is 27.7. The molecule has 0 spiro atoms. The van der Waals surface area contributed by atoms with Crippen molar-refractivity contribution in [1.82, 2.24) is 10.3 Å². The highest BCUT2D eigenvalue weighted by molar-refractivity contribution is 7.14. The number of amides is 2. The second-order valence-electron chi connectivity index (χ2n) is 6.33. The van der Waals surface area contributed by atoms with E-state index < -0.39 is 0 Å². The summed E-state index contributed by atoms with van der Waals surface area (Å²) in [6.07, 6.45) is 3.59. The van der Waals surface area contributed by atoms with E-state index in [0.29, 0.717) is 28.9 Å². The molecule has 1 aliphatic rings. The standard InChI is InChI=1S/C17H22N4O3S/c1-10(22)19-8-13-5-6-15(24-13)14-9-25-17(20-14)21-16(23)11-3-2-4-12(18)7-11/h5-6,9,11-12H,2-4,7-8,18H2,1H3,(H,19,22)(H,20,21,23). The molecule has 0 radical (unpaired) electrons. The average Bonchev–Trinajstić information content (AvgIpc) is 3.22. The summed E-state index contributed by atoms with van der Waals surface area (Å²) in [6.45, 7) is 1.80. The number of nitrogens with one attached hydrogen (secondary N) is 2. The fourth-order valence-electron chi connectivity index (χ4n) is 2.94. The smallest absolute Gasteiger partial charge is 0.229 e. The summed E-state index contributed by atoms with van der Waals surface area (Å²) >= 11 is 1.36. The van der Waals surface area contributed by atoms with Crippen molar-refractivity contribution in [2.24, 2.45) is 11.7 Å². The lowest BCUT2D eigenvalue weighted by Crippen LogP contribution is -2.34. The maximum Gasteiger partial charge on any atom is 0.229 e. The van der Waals surface area contributed by atoms with Gasteiger partial charge in [0.1, 0.15) is 11.5 Å². The van der Waals surface area contributed by atoms with Crippen molar-refractivity contribution in [3.63, 3.8) is 0 Å². The second kappa shape index (κ2) is 7.79. The third kappa shape index (κ3) is 4.67. The summed E-state index contributed by atoms with van der Waals surface area (Å²) < 4.78 is 5.67. The molecular weight excluding hydrogens is 340 g/mol. The topological polar surface area (TPSA) is 110 Å². The number of carbonyl (C=O) groups excluding carboxylic acids is 2. The number of carbonyl (C=O) groups is 2. The highest BCUT2D eigenvalue weighted by Crippen LogP contribution is 2.28. The summed E-state index contributed by atoms with van der Waals surface area (Å²) in [5.74, 6) is 1.10. The molecule has 1 aliphatic carbocycles. The summed E-state index contributed by atoms with van der Waals surface area (Å²) in [5.41, 5.74) is 6.61. The fraction of sp³-hybridized carbons (Fsp3) is 0.471. The number of thiazole rings is 1. The Hall–Kier alpha value is -2.19. The highest BCUT2D eigenvalue weighted by Gasteiger charge is 2.26. The molecule has 0 aliphatic heterocycles. The molecule has 0 bridgehead atoms. The number of nitrogens with two attached hydrogens (primary N) is 1. The largest absolute Gasteiger partial charge is 0.458 e. The van der Waals surface area contributed by atoms with Crippen molar-refractivity contribution in [3.05, 3.63) is 23.3 Å². The van der Waals surface area contributed by atoms with E-state index in [2.05, 4.69) is 15.6 Å². The molecule has 2 unspecified atom stereocenters. The maximum atomic E-state index is 12.3. The Morgan fingerprint density at radius 1 is 1.40 bits per heavy atom. The number of hydrogen-bond donors (Lipinski definition) is 3. The van der Waals surface area contributed by atoms with E-state index in [1.165, 1.54) is 18.3 Å². The Morgan fingerprint density at radius 2 is 2.24 bits per heavy atom. The van der Waals surface area contributed by atoms with Gasteiger partial charge in [-0.15, -0.1) is 11.3 Å². The predicted molar refractivity (Wildman–Crippen MR) is 95.9 cm³/mol. The van der Waals surface area contributed by atoms with Gasteiger partial charge in [-0.2, -0.15) is 0 Å². The van der Waals surface area contributed by atoms with Gasteiger partial charge in [0, 0.05) is 24.3 Å². The van der Waals surface area contributed by atoms with E-state index in [-0.39, 0.29) is 23.8 Å².